The average molecular weight is 286 g/mol. The van der Waals surface area contributed by atoms with E-state index in [-0.39, 0.29) is 72.2 Å². The molecule has 0 atom stereocenters. The van der Waals surface area contributed by atoms with Crippen molar-refractivity contribution in [1.82, 2.24) is 0 Å². The number of rotatable bonds is 0. The van der Waals surface area contributed by atoms with E-state index in [0.29, 0.717) is 0 Å². The molecule has 0 fully saturated rings. The molecule has 0 saturated heterocycles. The molecule has 30 valence electrons. The minimum absolute atomic E-state index is 0. The summed E-state index contributed by atoms with van der Waals surface area (Å²) in [5, 5.41) is 0. The van der Waals surface area contributed by atoms with Crippen molar-refractivity contribution in [2.75, 3.05) is 0 Å². The van der Waals surface area contributed by atoms with Gasteiger partial charge in [0.05, 0.1) is 0 Å². The first-order valence-corrected chi connectivity index (χ1v) is 0. The Labute approximate surface area is 71.5 Å². The second kappa shape index (κ2) is 42.1. The zero-order valence-electron chi connectivity index (χ0n) is 2.95. The number of hydrogen-bond donors (Lipinski definition) is 0. The van der Waals surface area contributed by atoms with E-state index >= 15 is 0 Å². The first-order chi connectivity index (χ1) is 0. The van der Waals surface area contributed by atoms with Gasteiger partial charge in [0.1, 0.15) is 0 Å². The van der Waals surface area contributed by atoms with E-state index in [1.165, 1.54) is 0 Å². The fraction of sp³-hybridized carbons (Fsp3) is 0. The van der Waals surface area contributed by atoms with Crippen LogP contribution in [0.1, 0.15) is 0 Å². The van der Waals surface area contributed by atoms with Crippen LogP contribution in [0.4, 0.5) is 0 Å². The van der Waals surface area contributed by atoms with Crippen molar-refractivity contribution in [3.8, 4) is 0 Å². The maximum absolute atomic E-state index is 0. The van der Waals surface area contributed by atoms with Crippen molar-refractivity contribution in [1.29, 1.82) is 0 Å². The summed E-state index contributed by atoms with van der Waals surface area (Å²) in [6.45, 7) is 0. The minimum atomic E-state index is 0. The zero-order valence-corrected chi connectivity index (χ0v) is 8.42. The summed E-state index contributed by atoms with van der Waals surface area (Å²) in [6.07, 6.45) is 0. The van der Waals surface area contributed by atoms with Crippen LogP contribution in [0, 0.1) is 0 Å². The second-order valence-corrected chi connectivity index (χ2v) is 0. The Morgan fingerprint density at radius 2 is 0.600 bits per heavy atom. The standard InChI is InChI=1S/Bi.Na.3H2O/h;;3*1H2. The summed E-state index contributed by atoms with van der Waals surface area (Å²) in [5.41, 5.74) is 0. The zero-order chi connectivity index (χ0) is 0. The van der Waals surface area contributed by atoms with E-state index in [9.17, 15) is 0 Å². The second-order valence-electron chi connectivity index (χ2n) is 0. The van der Waals surface area contributed by atoms with Crippen molar-refractivity contribution in [2.24, 2.45) is 0 Å². The summed E-state index contributed by atoms with van der Waals surface area (Å²) in [5.74, 6) is 0. The summed E-state index contributed by atoms with van der Waals surface area (Å²) >= 11 is 0. The van der Waals surface area contributed by atoms with E-state index in [2.05, 4.69) is 0 Å². The molecule has 5 heavy (non-hydrogen) atoms. The Morgan fingerprint density at radius 3 is 0.600 bits per heavy atom. The molecular weight excluding hydrogens is 280 g/mol. The van der Waals surface area contributed by atoms with Gasteiger partial charge in [0.25, 0.3) is 0 Å². The van der Waals surface area contributed by atoms with Crippen molar-refractivity contribution >= 4 is 55.8 Å². The Morgan fingerprint density at radius 1 is 0.600 bits per heavy atom. The predicted octanol–water partition coefficient (Wildman–Crippen LogP) is -3.24. The van der Waals surface area contributed by atoms with E-state index in [1.54, 1.807) is 0 Å². The fourth-order valence-corrected chi connectivity index (χ4v) is 0. The fourth-order valence-electron chi connectivity index (χ4n) is 0. The van der Waals surface area contributed by atoms with Crippen LogP contribution in [0.15, 0.2) is 0 Å². The van der Waals surface area contributed by atoms with Crippen LogP contribution in [0.5, 0.6) is 0 Å². The SMILES string of the molecule is O.O.O.[Bi].[Na]. The minimum Gasteiger partial charge on any atom is -0.412 e. The summed E-state index contributed by atoms with van der Waals surface area (Å²) < 4.78 is 0. The third kappa shape index (κ3) is 26.3. The monoisotopic (exact) mass is 286 g/mol. The topological polar surface area (TPSA) is 94.5 Å². The average Bonchev–Trinajstić information content (AvgIpc) is 0. The molecule has 0 bridgehead atoms. The number of hydrogen-bond acceptors (Lipinski definition) is 0. The summed E-state index contributed by atoms with van der Waals surface area (Å²) in [4.78, 5) is 0. The van der Waals surface area contributed by atoms with Gasteiger partial charge >= 0.3 is 0 Å². The van der Waals surface area contributed by atoms with Crippen LogP contribution in [0.3, 0.4) is 0 Å². The molecule has 0 rings (SSSR count). The molecule has 0 saturated carbocycles. The van der Waals surface area contributed by atoms with Crippen LogP contribution in [0.25, 0.3) is 0 Å². The Hall–Kier alpha value is 1.76. The molecule has 4 radical (unpaired) electrons. The molecule has 0 aliphatic heterocycles. The van der Waals surface area contributed by atoms with Crippen LogP contribution < -0.4 is 0 Å². The van der Waals surface area contributed by atoms with Gasteiger partial charge in [0.2, 0.25) is 0 Å². The van der Waals surface area contributed by atoms with Gasteiger partial charge in [-0.1, -0.05) is 0 Å². The molecule has 0 aromatic rings. The van der Waals surface area contributed by atoms with Gasteiger partial charge in [-0.3, -0.25) is 0 Å². The van der Waals surface area contributed by atoms with Crippen molar-refractivity contribution in [3.05, 3.63) is 0 Å². The predicted molar refractivity (Wildman–Crippen MR) is 22.3 cm³/mol. The van der Waals surface area contributed by atoms with Crippen LogP contribution in [-0.4, -0.2) is 72.2 Å². The van der Waals surface area contributed by atoms with E-state index in [4.69, 9.17) is 0 Å². The molecule has 0 aliphatic rings. The Bertz CT molecular complexity index is 6.85. The van der Waals surface area contributed by atoms with Crippen LogP contribution in [-0.2, 0) is 0 Å². The van der Waals surface area contributed by atoms with Crippen molar-refractivity contribution < 1.29 is 16.4 Å². The van der Waals surface area contributed by atoms with Gasteiger partial charge in [-0.05, 0) is 0 Å². The molecule has 0 spiro atoms. The largest absolute Gasteiger partial charge is 0.412 e. The van der Waals surface area contributed by atoms with Gasteiger partial charge in [0, 0.05) is 55.8 Å². The molecule has 0 unspecified atom stereocenters. The molecule has 0 aromatic heterocycles. The smallest absolute Gasteiger partial charge is 0 e. The molecule has 3 nitrogen and oxygen atoms in total. The molecule has 0 aromatic carbocycles. The van der Waals surface area contributed by atoms with E-state index < -0.39 is 0 Å². The Balaban J connectivity index is 0. The van der Waals surface area contributed by atoms with E-state index in [1.807, 2.05) is 0 Å². The first kappa shape index (κ1) is 72.3. The van der Waals surface area contributed by atoms with Gasteiger partial charge < -0.3 is 16.4 Å². The third-order valence-corrected chi connectivity index (χ3v) is 0. The first-order valence-electron chi connectivity index (χ1n) is 0. The summed E-state index contributed by atoms with van der Waals surface area (Å²) in [6, 6.07) is 0. The van der Waals surface area contributed by atoms with Gasteiger partial charge in [-0.25, -0.2) is 0 Å². The van der Waals surface area contributed by atoms with Crippen LogP contribution >= 0.6 is 0 Å². The van der Waals surface area contributed by atoms with Gasteiger partial charge in [-0.15, -0.1) is 0 Å². The Kier molecular flexibility index (Phi) is 608. The van der Waals surface area contributed by atoms with Gasteiger partial charge in [0.15, 0.2) is 0 Å². The maximum Gasteiger partial charge on any atom is 0 e. The normalized spacial score (nSPS) is 0. The molecule has 6 N–H and O–H groups in total. The third-order valence-electron chi connectivity index (χ3n) is 0. The van der Waals surface area contributed by atoms with Gasteiger partial charge in [-0.2, -0.15) is 0 Å². The molecular formula is H6BiNaO3. The summed E-state index contributed by atoms with van der Waals surface area (Å²) in [7, 11) is 0. The molecule has 5 heteroatoms. The van der Waals surface area contributed by atoms with Crippen molar-refractivity contribution in [3.63, 3.8) is 0 Å². The molecule has 0 heterocycles. The quantitative estimate of drug-likeness (QED) is 0.419. The van der Waals surface area contributed by atoms with Crippen molar-refractivity contribution in [2.45, 2.75) is 0 Å². The molecule has 0 amide bonds. The maximum atomic E-state index is 0. The van der Waals surface area contributed by atoms with Crippen LogP contribution in [0.2, 0.25) is 0 Å². The van der Waals surface area contributed by atoms with E-state index in [0.717, 1.165) is 0 Å². The molecule has 0 aliphatic carbocycles.